The second-order valence-corrected chi connectivity index (χ2v) is 17.3. The average Bonchev–Trinajstić information content (AvgIpc) is 3.53. The van der Waals surface area contributed by atoms with Gasteiger partial charge in [-0.05, 0) is 75.5 Å². The zero-order valence-electron chi connectivity index (χ0n) is 31.0. The quantitative estimate of drug-likeness (QED) is 0.208. The third kappa shape index (κ3) is 6.25. The van der Waals surface area contributed by atoms with Crippen LogP contribution in [0.15, 0.2) is 0 Å². The fourth-order valence-electron chi connectivity index (χ4n) is 12.2. The molecule has 4 N–H and O–H groups in total. The van der Waals surface area contributed by atoms with Crippen LogP contribution in [0.3, 0.4) is 0 Å². The number of Topliss-reactive ketones (excluding diaryl/α,β-unsaturated/α-hetero) is 1. The molecule has 7 fully saturated rings. The van der Waals surface area contributed by atoms with Gasteiger partial charge in [0.25, 0.3) is 0 Å². The molecular formula is C38H58O14. The number of rotatable bonds is 8. The molecule has 2 bridgehead atoms. The van der Waals surface area contributed by atoms with Crippen molar-refractivity contribution in [3.8, 4) is 0 Å². The molecule has 0 aromatic rings. The molecule has 3 aliphatic heterocycles. The molecule has 3 heterocycles. The predicted molar refractivity (Wildman–Crippen MR) is 179 cm³/mol. The molecule has 0 amide bonds. The summed E-state index contributed by atoms with van der Waals surface area (Å²) in [5.74, 6) is 0.214. The summed E-state index contributed by atoms with van der Waals surface area (Å²) in [5, 5.41) is 40.6. The van der Waals surface area contributed by atoms with Crippen LogP contribution in [-0.4, -0.2) is 126 Å². The molecule has 7 aliphatic rings. The van der Waals surface area contributed by atoms with Crippen molar-refractivity contribution in [1.29, 1.82) is 0 Å². The second kappa shape index (κ2) is 14.4. The lowest BCUT2D eigenvalue weighted by Gasteiger charge is -2.67. The van der Waals surface area contributed by atoms with Gasteiger partial charge in [0, 0.05) is 43.1 Å². The lowest BCUT2D eigenvalue weighted by atomic mass is 9.36. The molecule has 14 nitrogen and oxygen atoms in total. The van der Waals surface area contributed by atoms with E-state index in [4.69, 9.17) is 33.2 Å². The van der Waals surface area contributed by atoms with Crippen LogP contribution in [0, 0.1) is 39.9 Å². The number of methoxy groups -OCH3 is 1. The molecule has 0 aromatic heterocycles. The fraction of sp³-hybridized carbons (Fsp3) is 0.921. The second-order valence-electron chi connectivity index (χ2n) is 17.3. The first-order valence-corrected chi connectivity index (χ1v) is 19.3. The van der Waals surface area contributed by atoms with Gasteiger partial charge in [-0.3, -0.25) is 14.4 Å². The van der Waals surface area contributed by atoms with Crippen LogP contribution in [0.25, 0.3) is 0 Å². The monoisotopic (exact) mass is 738 g/mol. The van der Waals surface area contributed by atoms with E-state index in [-0.39, 0.29) is 47.4 Å². The lowest BCUT2D eigenvalue weighted by Crippen LogP contribution is -2.67. The van der Waals surface area contributed by atoms with Gasteiger partial charge in [-0.15, -0.1) is 0 Å². The Hall–Kier alpha value is -1.75. The Morgan fingerprint density at radius 1 is 0.885 bits per heavy atom. The van der Waals surface area contributed by atoms with Gasteiger partial charge in [0.15, 0.2) is 12.6 Å². The maximum atomic E-state index is 14.7. The van der Waals surface area contributed by atoms with Gasteiger partial charge >= 0.3 is 11.9 Å². The Kier molecular flexibility index (Phi) is 10.7. The molecule has 3 saturated heterocycles. The van der Waals surface area contributed by atoms with E-state index in [0.29, 0.717) is 25.2 Å². The maximum Gasteiger partial charge on any atom is 0.306 e. The highest BCUT2D eigenvalue weighted by molar-refractivity contribution is 5.92. The standard InChI is InChI=1S/C38H58O14/c1-18-32(52-34-31(44)30(43)29(42)25(16-39)51-34)24(46-5)15-28(48-18)50-23-8-10-36(3)22(33(23)49-19(2)40)7-13-38-12-6-21(20-14-27(41)47-17-20)37(4,35(38)45)11-9-26(36)38/h18,20-26,28-34,39,42-44H,6-17H2,1-5H3/t18-,20-,21+,22-,23-,24+,25+,26+,28-,29+,30-,31+,32-,33+,34-,36-,37+,38-/m0/s1. The highest BCUT2D eigenvalue weighted by atomic mass is 16.7. The van der Waals surface area contributed by atoms with E-state index in [1.807, 2.05) is 0 Å². The number of ether oxygens (including phenoxy) is 7. The Morgan fingerprint density at radius 3 is 2.27 bits per heavy atom. The van der Waals surface area contributed by atoms with Crippen LogP contribution in [-0.2, 0) is 47.5 Å². The highest BCUT2D eigenvalue weighted by Gasteiger charge is 2.69. The van der Waals surface area contributed by atoms with Gasteiger partial charge in [-0.25, -0.2) is 0 Å². The summed E-state index contributed by atoms with van der Waals surface area (Å²) in [6.45, 7) is 7.46. The third-order valence-electron chi connectivity index (χ3n) is 14.7. The van der Waals surface area contributed by atoms with Crippen molar-refractivity contribution in [2.45, 2.75) is 159 Å². The zero-order valence-corrected chi connectivity index (χ0v) is 31.0. The number of carbonyl (C=O) groups is 3. The summed E-state index contributed by atoms with van der Waals surface area (Å²) in [5.41, 5.74) is -1.13. The molecule has 1 spiro atoms. The summed E-state index contributed by atoms with van der Waals surface area (Å²) in [4.78, 5) is 39.4. The van der Waals surface area contributed by atoms with Crippen molar-refractivity contribution in [1.82, 2.24) is 0 Å². The Bertz CT molecular complexity index is 1360. The first kappa shape index (κ1) is 38.5. The molecule has 0 aromatic carbocycles. The van der Waals surface area contributed by atoms with E-state index >= 15 is 0 Å². The number of fused-ring (bicyclic) bond motifs is 3. The molecule has 294 valence electrons. The molecule has 18 atom stereocenters. The molecule has 4 aliphatic carbocycles. The molecule has 0 unspecified atom stereocenters. The predicted octanol–water partition coefficient (Wildman–Crippen LogP) is 1.79. The van der Waals surface area contributed by atoms with Crippen molar-refractivity contribution in [2.75, 3.05) is 20.3 Å². The summed E-state index contributed by atoms with van der Waals surface area (Å²) >= 11 is 0. The van der Waals surface area contributed by atoms with E-state index < -0.39 is 85.0 Å². The van der Waals surface area contributed by atoms with E-state index in [1.165, 1.54) is 14.0 Å². The Balaban J connectivity index is 1.05. The zero-order chi connectivity index (χ0) is 37.3. The maximum absolute atomic E-state index is 14.7. The number of cyclic esters (lactones) is 1. The van der Waals surface area contributed by atoms with Crippen LogP contribution >= 0.6 is 0 Å². The number of carbonyl (C=O) groups excluding carboxylic acids is 3. The van der Waals surface area contributed by atoms with E-state index in [2.05, 4.69) is 13.8 Å². The molecular weight excluding hydrogens is 680 g/mol. The molecule has 4 saturated carbocycles. The number of ketones is 1. The smallest absolute Gasteiger partial charge is 0.306 e. The van der Waals surface area contributed by atoms with Crippen molar-refractivity contribution < 1.29 is 68.0 Å². The molecule has 7 rings (SSSR count). The first-order chi connectivity index (χ1) is 24.7. The minimum absolute atomic E-state index is 0.0111. The molecule has 14 heteroatoms. The van der Waals surface area contributed by atoms with Crippen molar-refractivity contribution in [3.63, 3.8) is 0 Å². The summed E-state index contributed by atoms with van der Waals surface area (Å²) in [6.07, 6.45) is -3.76. The van der Waals surface area contributed by atoms with Gasteiger partial charge < -0.3 is 53.6 Å². The van der Waals surface area contributed by atoms with Crippen LogP contribution in [0.2, 0.25) is 0 Å². The molecule has 52 heavy (non-hydrogen) atoms. The summed E-state index contributed by atoms with van der Waals surface area (Å²) in [6, 6.07) is 0. The third-order valence-corrected chi connectivity index (χ3v) is 14.7. The Morgan fingerprint density at radius 2 is 1.62 bits per heavy atom. The van der Waals surface area contributed by atoms with Crippen molar-refractivity contribution in [2.24, 2.45) is 39.9 Å². The number of esters is 2. The van der Waals surface area contributed by atoms with E-state index in [0.717, 1.165) is 44.9 Å². The lowest BCUT2D eigenvalue weighted by molar-refractivity contribution is -0.347. The van der Waals surface area contributed by atoms with Crippen LogP contribution < -0.4 is 0 Å². The minimum Gasteiger partial charge on any atom is -0.465 e. The van der Waals surface area contributed by atoms with Gasteiger partial charge in [-0.2, -0.15) is 0 Å². The average molecular weight is 739 g/mol. The van der Waals surface area contributed by atoms with Crippen molar-refractivity contribution >= 4 is 17.7 Å². The van der Waals surface area contributed by atoms with Gasteiger partial charge in [-0.1, -0.05) is 13.8 Å². The summed E-state index contributed by atoms with van der Waals surface area (Å²) < 4.78 is 41.9. The van der Waals surface area contributed by atoms with Crippen molar-refractivity contribution in [3.05, 3.63) is 0 Å². The number of hydrogen-bond acceptors (Lipinski definition) is 14. The molecule has 0 radical (unpaired) electrons. The summed E-state index contributed by atoms with van der Waals surface area (Å²) in [7, 11) is 1.53. The Labute approximate surface area is 305 Å². The van der Waals surface area contributed by atoms with Crippen LogP contribution in [0.4, 0.5) is 0 Å². The van der Waals surface area contributed by atoms with Crippen LogP contribution in [0.5, 0.6) is 0 Å². The highest BCUT2D eigenvalue weighted by Crippen LogP contribution is 2.70. The van der Waals surface area contributed by atoms with Gasteiger partial charge in [0.05, 0.1) is 37.9 Å². The van der Waals surface area contributed by atoms with Gasteiger partial charge in [0.2, 0.25) is 0 Å². The van der Waals surface area contributed by atoms with E-state index in [9.17, 15) is 34.8 Å². The fourth-order valence-corrected chi connectivity index (χ4v) is 12.2. The van der Waals surface area contributed by atoms with Gasteiger partial charge in [0.1, 0.15) is 42.4 Å². The number of aliphatic hydroxyl groups is 4. The minimum atomic E-state index is -1.58. The number of hydrogen-bond donors (Lipinski definition) is 4. The first-order valence-electron chi connectivity index (χ1n) is 19.3. The topological polar surface area (TPSA) is 197 Å². The largest absolute Gasteiger partial charge is 0.465 e. The number of aliphatic hydroxyl groups excluding tert-OH is 4. The normalized spacial score (nSPS) is 52.0. The van der Waals surface area contributed by atoms with E-state index in [1.54, 1.807) is 6.92 Å². The SMILES string of the molecule is CO[C@@H]1C[C@H](O[C@H]2CC[C@@]3(C)[C@@H](CC[C@@]45CC[C@H]([C@@H]6COC(=O)C6)[C@@](C)(CC[C@@H]43)C5=O)[C@H]2OC(C)=O)O[C@@H](C)[C@@H]1O[C@@H]1O[C@H](CO)[C@@H](O)[C@H](O)[C@H]1O. The van der Waals surface area contributed by atoms with Crippen LogP contribution in [0.1, 0.15) is 91.9 Å².